The monoisotopic (exact) mass is 298 g/mol. The lowest BCUT2D eigenvalue weighted by Gasteiger charge is -2.08. The number of nitrogens with one attached hydrogen (secondary N) is 1. The lowest BCUT2D eigenvalue weighted by Crippen LogP contribution is -2.12. The van der Waals surface area contributed by atoms with E-state index in [0.29, 0.717) is 27.5 Å². The zero-order valence-electron chi connectivity index (χ0n) is 10.9. The van der Waals surface area contributed by atoms with Crippen LogP contribution in [0, 0.1) is 0 Å². The van der Waals surface area contributed by atoms with Gasteiger partial charge in [-0.25, -0.2) is 0 Å². The number of benzene rings is 2. The molecule has 0 fully saturated rings. The molecule has 2 aromatic carbocycles. The number of halogens is 1. The highest BCUT2D eigenvalue weighted by molar-refractivity contribution is 6.34. The summed E-state index contributed by atoms with van der Waals surface area (Å²) in [6, 6.07) is 10.1. The normalized spacial score (nSPS) is 10.5. The van der Waals surface area contributed by atoms with E-state index < -0.39 is 0 Å². The number of carbonyl (C=O) groups excluding carboxylic acids is 1. The van der Waals surface area contributed by atoms with Gasteiger partial charge in [0.2, 0.25) is 0 Å². The van der Waals surface area contributed by atoms with E-state index >= 15 is 0 Å². The maximum Gasteiger partial charge on any atom is 0.257 e. The molecule has 104 valence electrons. The van der Waals surface area contributed by atoms with Crippen LogP contribution >= 0.6 is 11.6 Å². The second-order valence-electron chi connectivity index (χ2n) is 4.45. The van der Waals surface area contributed by atoms with Gasteiger partial charge in [0.25, 0.3) is 5.91 Å². The van der Waals surface area contributed by atoms with Crippen molar-refractivity contribution < 1.29 is 4.79 Å². The van der Waals surface area contributed by atoms with E-state index in [1.807, 2.05) is 0 Å². The van der Waals surface area contributed by atoms with E-state index in [1.165, 1.54) is 0 Å². The van der Waals surface area contributed by atoms with Crippen LogP contribution in [0.5, 0.6) is 0 Å². The fourth-order valence-corrected chi connectivity index (χ4v) is 2.16. The van der Waals surface area contributed by atoms with Gasteiger partial charge in [-0.05, 0) is 36.4 Å². The Hall–Kier alpha value is -2.66. The van der Waals surface area contributed by atoms with Crippen LogP contribution in [0.2, 0.25) is 5.02 Å². The Kier molecular flexibility index (Phi) is 3.41. The summed E-state index contributed by atoms with van der Waals surface area (Å²) in [5.74, 6) is -0.324. The lowest BCUT2D eigenvalue weighted by molar-refractivity contribution is 0.102. The minimum atomic E-state index is -0.324. The number of nitrogens with zero attached hydrogens (tertiary/aromatic N) is 2. The summed E-state index contributed by atoms with van der Waals surface area (Å²) < 4.78 is 0. The zero-order valence-corrected chi connectivity index (χ0v) is 11.6. The van der Waals surface area contributed by atoms with Crippen LogP contribution in [0.4, 0.5) is 11.4 Å². The van der Waals surface area contributed by atoms with E-state index in [0.717, 1.165) is 5.52 Å². The van der Waals surface area contributed by atoms with Crippen molar-refractivity contribution in [1.82, 2.24) is 9.97 Å². The Balaban J connectivity index is 1.90. The van der Waals surface area contributed by atoms with Crippen LogP contribution in [-0.2, 0) is 0 Å². The molecule has 6 heteroatoms. The quantitative estimate of drug-likeness (QED) is 0.712. The van der Waals surface area contributed by atoms with Crippen molar-refractivity contribution in [3.8, 4) is 0 Å². The van der Waals surface area contributed by atoms with Gasteiger partial charge in [-0.3, -0.25) is 14.8 Å². The van der Waals surface area contributed by atoms with E-state index in [1.54, 1.807) is 48.8 Å². The van der Waals surface area contributed by atoms with E-state index in [9.17, 15) is 4.79 Å². The molecule has 0 aliphatic carbocycles. The van der Waals surface area contributed by atoms with Crippen molar-refractivity contribution in [2.45, 2.75) is 0 Å². The number of anilines is 2. The maximum absolute atomic E-state index is 12.2. The molecule has 5 nitrogen and oxygen atoms in total. The first-order chi connectivity index (χ1) is 10.1. The number of aromatic nitrogens is 2. The highest BCUT2D eigenvalue weighted by Gasteiger charge is 2.11. The van der Waals surface area contributed by atoms with Gasteiger partial charge < -0.3 is 11.1 Å². The molecule has 0 atom stereocenters. The Morgan fingerprint density at radius 3 is 2.62 bits per heavy atom. The van der Waals surface area contributed by atoms with Crippen LogP contribution in [0.15, 0.2) is 48.8 Å². The summed E-state index contributed by atoms with van der Waals surface area (Å²) in [6.45, 7) is 0. The van der Waals surface area contributed by atoms with Gasteiger partial charge in [0, 0.05) is 23.8 Å². The molecule has 0 saturated heterocycles. The lowest BCUT2D eigenvalue weighted by atomic mass is 10.2. The molecule has 3 aromatic rings. The zero-order chi connectivity index (χ0) is 14.8. The van der Waals surface area contributed by atoms with Crippen molar-refractivity contribution in [3.63, 3.8) is 0 Å². The van der Waals surface area contributed by atoms with Gasteiger partial charge in [-0.15, -0.1) is 0 Å². The molecule has 21 heavy (non-hydrogen) atoms. The average molecular weight is 299 g/mol. The number of carbonyl (C=O) groups is 1. The van der Waals surface area contributed by atoms with Crippen molar-refractivity contribution in [2.75, 3.05) is 11.1 Å². The maximum atomic E-state index is 12.2. The summed E-state index contributed by atoms with van der Waals surface area (Å²) in [7, 11) is 0. The first-order valence-corrected chi connectivity index (χ1v) is 6.58. The van der Waals surface area contributed by atoms with Crippen molar-refractivity contribution in [1.29, 1.82) is 0 Å². The summed E-state index contributed by atoms with van der Waals surface area (Å²) in [6.07, 6.45) is 3.22. The number of nitrogens with two attached hydrogens (primary N) is 1. The third-order valence-corrected chi connectivity index (χ3v) is 3.29. The molecule has 0 aliphatic heterocycles. The van der Waals surface area contributed by atoms with Crippen LogP contribution in [0.1, 0.15) is 10.4 Å². The van der Waals surface area contributed by atoms with Gasteiger partial charge in [-0.1, -0.05) is 11.6 Å². The third kappa shape index (κ3) is 2.78. The SMILES string of the molecule is Nc1ccc(Cl)c(C(=O)Nc2ccc3nccnc3c2)c1. The molecule has 0 unspecified atom stereocenters. The van der Waals surface area contributed by atoms with Gasteiger partial charge in [0.1, 0.15) is 0 Å². The van der Waals surface area contributed by atoms with Crippen LogP contribution < -0.4 is 11.1 Å². The van der Waals surface area contributed by atoms with Crippen molar-refractivity contribution in [3.05, 3.63) is 59.4 Å². The summed E-state index contributed by atoms with van der Waals surface area (Å²) >= 11 is 6.01. The summed E-state index contributed by atoms with van der Waals surface area (Å²) in [5, 5.41) is 3.12. The molecular weight excluding hydrogens is 288 g/mol. The molecule has 0 aliphatic rings. The molecule has 0 saturated carbocycles. The number of rotatable bonds is 2. The first kappa shape index (κ1) is 13.3. The molecule has 1 amide bonds. The van der Waals surface area contributed by atoms with Gasteiger partial charge in [0.15, 0.2) is 0 Å². The minimum absolute atomic E-state index is 0.324. The predicted octanol–water partition coefficient (Wildman–Crippen LogP) is 3.12. The molecule has 3 N–H and O–H groups in total. The number of hydrogen-bond acceptors (Lipinski definition) is 4. The number of fused-ring (bicyclic) bond motifs is 1. The highest BCUT2D eigenvalue weighted by Crippen LogP contribution is 2.21. The summed E-state index contributed by atoms with van der Waals surface area (Å²) in [4.78, 5) is 20.6. The molecular formula is C15H11ClN4O. The predicted molar refractivity (Wildman–Crippen MR) is 83.4 cm³/mol. The second kappa shape index (κ2) is 5.38. The van der Waals surface area contributed by atoms with Crippen LogP contribution in [0.25, 0.3) is 11.0 Å². The number of nitrogen functional groups attached to an aromatic ring is 1. The Bertz CT molecular complexity index is 835. The second-order valence-corrected chi connectivity index (χ2v) is 4.86. The van der Waals surface area contributed by atoms with Crippen molar-refractivity contribution in [2.24, 2.45) is 0 Å². The molecule has 0 spiro atoms. The topological polar surface area (TPSA) is 80.9 Å². The van der Waals surface area contributed by atoms with E-state index in [2.05, 4.69) is 15.3 Å². The molecule has 3 rings (SSSR count). The first-order valence-electron chi connectivity index (χ1n) is 6.20. The molecule has 0 radical (unpaired) electrons. The van der Waals surface area contributed by atoms with E-state index in [-0.39, 0.29) is 5.91 Å². The Morgan fingerprint density at radius 2 is 1.81 bits per heavy atom. The minimum Gasteiger partial charge on any atom is -0.399 e. The molecule has 1 heterocycles. The van der Waals surface area contributed by atoms with Gasteiger partial charge in [-0.2, -0.15) is 0 Å². The standard InChI is InChI=1S/C15H11ClN4O/c16-12-3-1-9(17)7-11(12)15(21)20-10-2-4-13-14(8-10)19-6-5-18-13/h1-8H,17H2,(H,20,21). The largest absolute Gasteiger partial charge is 0.399 e. The summed E-state index contributed by atoms with van der Waals surface area (Å²) in [5.41, 5.74) is 8.57. The van der Waals surface area contributed by atoms with E-state index in [4.69, 9.17) is 17.3 Å². The molecule has 1 aromatic heterocycles. The number of amides is 1. The smallest absolute Gasteiger partial charge is 0.257 e. The molecule has 0 bridgehead atoms. The van der Waals surface area contributed by atoms with Gasteiger partial charge in [0.05, 0.1) is 21.6 Å². The Labute approximate surface area is 125 Å². The Morgan fingerprint density at radius 1 is 1.05 bits per heavy atom. The number of hydrogen-bond donors (Lipinski definition) is 2. The van der Waals surface area contributed by atoms with Crippen molar-refractivity contribution >= 4 is 39.9 Å². The van der Waals surface area contributed by atoms with Gasteiger partial charge >= 0.3 is 0 Å². The average Bonchev–Trinajstić information content (AvgIpc) is 2.49. The van der Waals surface area contributed by atoms with Crippen LogP contribution in [-0.4, -0.2) is 15.9 Å². The fraction of sp³-hybridized carbons (Fsp3) is 0. The van der Waals surface area contributed by atoms with Crippen LogP contribution in [0.3, 0.4) is 0 Å². The highest BCUT2D eigenvalue weighted by atomic mass is 35.5. The third-order valence-electron chi connectivity index (χ3n) is 2.96. The fourth-order valence-electron chi connectivity index (χ4n) is 1.96.